The van der Waals surface area contributed by atoms with Crippen LogP contribution in [0.3, 0.4) is 0 Å². The lowest BCUT2D eigenvalue weighted by molar-refractivity contribution is 0.190. The Kier molecular flexibility index (Phi) is 11.4. The Labute approximate surface area is 230 Å². The standard InChI is InChI=1S/C27H27N2O6PS.C2H6/c1-21-25(30)28-27(31)29(26(21)37(33)24-15-9-4-10-16-24)17-18-36(32,34-19-22-11-5-2-6-12-22)35-20-23-13-7-3-8-14-23;1-2/h2-16H,17-20H2,1H3,(H,28,30,31);1-2H3. The van der Waals surface area contributed by atoms with Crippen LogP contribution in [0.1, 0.15) is 30.5 Å². The first-order valence-electron chi connectivity index (χ1n) is 12.6. The molecule has 1 N–H and O–H groups in total. The van der Waals surface area contributed by atoms with Gasteiger partial charge in [-0.05, 0) is 30.2 Å². The van der Waals surface area contributed by atoms with Crippen molar-refractivity contribution in [3.05, 3.63) is 129 Å². The van der Waals surface area contributed by atoms with Crippen molar-refractivity contribution in [3.63, 3.8) is 0 Å². The molecule has 39 heavy (non-hydrogen) atoms. The lowest BCUT2D eigenvalue weighted by Crippen LogP contribution is -2.35. The normalized spacial score (nSPS) is 11.9. The van der Waals surface area contributed by atoms with Gasteiger partial charge in [0, 0.05) is 17.0 Å². The maximum Gasteiger partial charge on any atom is 0.333 e. The zero-order valence-corrected chi connectivity index (χ0v) is 24.0. The molecule has 1 unspecified atom stereocenters. The van der Waals surface area contributed by atoms with Crippen LogP contribution in [0.5, 0.6) is 0 Å². The Morgan fingerprint density at radius 2 is 1.26 bits per heavy atom. The predicted molar refractivity (Wildman–Crippen MR) is 153 cm³/mol. The zero-order valence-electron chi connectivity index (χ0n) is 22.2. The van der Waals surface area contributed by atoms with Gasteiger partial charge in [-0.15, -0.1) is 0 Å². The third-order valence-electron chi connectivity index (χ3n) is 5.64. The third kappa shape index (κ3) is 8.31. The zero-order chi connectivity index (χ0) is 28.3. The summed E-state index contributed by atoms with van der Waals surface area (Å²) in [6, 6.07) is 27.1. The van der Waals surface area contributed by atoms with E-state index in [1.807, 2.05) is 74.5 Å². The van der Waals surface area contributed by atoms with Gasteiger partial charge in [-0.25, -0.2) is 9.00 Å². The molecule has 10 heteroatoms. The summed E-state index contributed by atoms with van der Waals surface area (Å²) in [5.74, 6) is 0. The quantitative estimate of drug-likeness (QED) is 0.185. The van der Waals surface area contributed by atoms with E-state index < -0.39 is 29.6 Å². The van der Waals surface area contributed by atoms with Crippen LogP contribution in [-0.4, -0.2) is 19.9 Å². The van der Waals surface area contributed by atoms with Gasteiger partial charge in [-0.1, -0.05) is 92.7 Å². The van der Waals surface area contributed by atoms with E-state index in [4.69, 9.17) is 9.05 Å². The first kappa shape index (κ1) is 30.2. The number of benzene rings is 3. The highest BCUT2D eigenvalue weighted by molar-refractivity contribution is 7.85. The van der Waals surface area contributed by atoms with Crippen molar-refractivity contribution >= 4 is 18.4 Å². The average Bonchev–Trinajstić information content (AvgIpc) is 2.98. The summed E-state index contributed by atoms with van der Waals surface area (Å²) in [6.07, 6.45) is -0.170. The van der Waals surface area contributed by atoms with Gasteiger partial charge < -0.3 is 9.05 Å². The molecule has 4 aromatic rings. The number of H-pyrrole nitrogens is 1. The molecule has 0 amide bonds. The van der Waals surface area contributed by atoms with Crippen LogP contribution < -0.4 is 11.2 Å². The fourth-order valence-corrected chi connectivity index (χ4v) is 6.47. The highest BCUT2D eigenvalue weighted by Crippen LogP contribution is 2.49. The van der Waals surface area contributed by atoms with E-state index in [0.29, 0.717) is 4.90 Å². The summed E-state index contributed by atoms with van der Waals surface area (Å²) in [5.41, 5.74) is 0.409. The smallest absolute Gasteiger partial charge is 0.304 e. The molecule has 1 heterocycles. The largest absolute Gasteiger partial charge is 0.333 e. The molecular formula is C29H33N2O6PS. The second-order valence-corrected chi connectivity index (χ2v) is 11.9. The fraction of sp³-hybridized carbons (Fsp3) is 0.241. The van der Waals surface area contributed by atoms with Crippen molar-refractivity contribution < 1.29 is 17.8 Å². The van der Waals surface area contributed by atoms with Crippen molar-refractivity contribution in [1.29, 1.82) is 0 Å². The molecule has 0 radical (unpaired) electrons. The van der Waals surface area contributed by atoms with Crippen LogP contribution in [-0.2, 0) is 44.2 Å². The monoisotopic (exact) mass is 568 g/mol. The van der Waals surface area contributed by atoms with Gasteiger partial charge in [-0.3, -0.25) is 18.9 Å². The number of rotatable bonds is 11. The molecule has 0 saturated heterocycles. The van der Waals surface area contributed by atoms with E-state index >= 15 is 0 Å². The molecule has 1 atom stereocenters. The predicted octanol–water partition coefficient (Wildman–Crippen LogP) is 5.66. The Balaban J connectivity index is 0.00000205. The van der Waals surface area contributed by atoms with Crippen molar-refractivity contribution in [3.8, 4) is 0 Å². The molecule has 0 saturated carbocycles. The Morgan fingerprint density at radius 1 is 0.795 bits per heavy atom. The lowest BCUT2D eigenvalue weighted by Gasteiger charge is -2.21. The molecule has 0 aliphatic heterocycles. The second-order valence-electron chi connectivity index (χ2n) is 8.28. The lowest BCUT2D eigenvalue weighted by atomic mass is 10.2. The summed E-state index contributed by atoms with van der Waals surface area (Å²) in [6.45, 7) is 5.47. The van der Waals surface area contributed by atoms with Crippen LogP contribution in [0.2, 0.25) is 0 Å². The van der Waals surface area contributed by atoms with E-state index in [1.165, 1.54) is 11.5 Å². The summed E-state index contributed by atoms with van der Waals surface area (Å²) in [7, 11) is -5.55. The molecule has 8 nitrogen and oxygen atoms in total. The van der Waals surface area contributed by atoms with Crippen molar-refractivity contribution in [2.45, 2.75) is 50.5 Å². The Morgan fingerprint density at radius 3 is 1.74 bits per heavy atom. The molecule has 1 aromatic heterocycles. The highest BCUT2D eigenvalue weighted by Gasteiger charge is 2.27. The minimum Gasteiger partial charge on any atom is -0.304 e. The van der Waals surface area contributed by atoms with Gasteiger partial charge in [-0.2, -0.15) is 0 Å². The van der Waals surface area contributed by atoms with E-state index in [-0.39, 0.29) is 36.5 Å². The molecule has 3 aromatic carbocycles. The first-order chi connectivity index (χ1) is 18.9. The molecule has 0 bridgehead atoms. The Bertz CT molecular complexity index is 1480. The SMILES string of the molecule is CC.Cc1c(S(=O)c2ccccc2)n(CCP(=O)(OCc2ccccc2)OCc2ccccc2)c(=O)[nH]c1=O. The van der Waals surface area contributed by atoms with Crippen LogP contribution in [0, 0.1) is 6.92 Å². The molecule has 0 aliphatic carbocycles. The second kappa shape index (κ2) is 14.7. The summed E-state index contributed by atoms with van der Waals surface area (Å²) < 4.78 is 40.0. The number of nitrogens with zero attached hydrogens (tertiary/aromatic N) is 1. The fourth-order valence-electron chi connectivity index (χ4n) is 3.63. The van der Waals surface area contributed by atoms with Gasteiger partial charge in [0.2, 0.25) is 0 Å². The Hall–Kier alpha value is -3.36. The summed E-state index contributed by atoms with van der Waals surface area (Å²) in [4.78, 5) is 27.9. The van der Waals surface area contributed by atoms with Gasteiger partial charge in [0.25, 0.3) is 5.56 Å². The van der Waals surface area contributed by atoms with Gasteiger partial charge in [0.1, 0.15) is 15.8 Å². The third-order valence-corrected chi connectivity index (χ3v) is 9.01. The first-order valence-corrected chi connectivity index (χ1v) is 15.5. The van der Waals surface area contributed by atoms with Crippen LogP contribution in [0.15, 0.2) is 111 Å². The number of aromatic nitrogens is 2. The van der Waals surface area contributed by atoms with Crippen LogP contribution >= 0.6 is 7.60 Å². The molecule has 4 rings (SSSR count). The number of nitrogens with one attached hydrogen (secondary N) is 1. The molecule has 0 fully saturated rings. The minimum absolute atomic E-state index is 0.0509. The molecule has 0 aliphatic rings. The van der Waals surface area contributed by atoms with Gasteiger partial charge in [0.15, 0.2) is 0 Å². The van der Waals surface area contributed by atoms with Crippen molar-refractivity contribution in [2.75, 3.05) is 6.16 Å². The van der Waals surface area contributed by atoms with Crippen molar-refractivity contribution in [2.24, 2.45) is 0 Å². The summed E-state index contributed by atoms with van der Waals surface area (Å²) >= 11 is 0. The van der Waals surface area contributed by atoms with Crippen LogP contribution in [0.25, 0.3) is 0 Å². The topological polar surface area (TPSA) is 107 Å². The van der Waals surface area contributed by atoms with Gasteiger partial charge >= 0.3 is 13.3 Å². The summed E-state index contributed by atoms with van der Waals surface area (Å²) in [5, 5.41) is 0.0534. The van der Waals surface area contributed by atoms with E-state index in [9.17, 15) is 18.4 Å². The van der Waals surface area contributed by atoms with Gasteiger partial charge in [0.05, 0.1) is 19.4 Å². The molecule has 206 valence electrons. The number of hydrogen-bond acceptors (Lipinski definition) is 6. The highest BCUT2D eigenvalue weighted by atomic mass is 32.2. The van der Waals surface area contributed by atoms with Crippen LogP contribution in [0.4, 0.5) is 0 Å². The number of hydrogen-bond donors (Lipinski definition) is 1. The van der Waals surface area contributed by atoms with E-state index in [0.717, 1.165) is 11.1 Å². The molecular weight excluding hydrogens is 535 g/mol. The minimum atomic E-state index is -3.74. The van der Waals surface area contributed by atoms with Crippen molar-refractivity contribution in [1.82, 2.24) is 9.55 Å². The molecule has 0 spiro atoms. The van der Waals surface area contributed by atoms with E-state index in [1.54, 1.807) is 30.3 Å². The van der Waals surface area contributed by atoms with E-state index in [2.05, 4.69) is 4.98 Å². The average molecular weight is 569 g/mol. The number of aromatic amines is 1. The maximum absolute atomic E-state index is 13.8. The maximum atomic E-state index is 13.8.